The Kier molecular flexibility index (Phi) is 7.83. The Balaban J connectivity index is 1.41. The number of halogens is 2. The topological polar surface area (TPSA) is 112 Å². The van der Waals surface area contributed by atoms with E-state index in [1.807, 2.05) is 0 Å². The van der Waals surface area contributed by atoms with Crippen molar-refractivity contribution in [1.29, 1.82) is 0 Å². The van der Waals surface area contributed by atoms with Crippen molar-refractivity contribution in [3.63, 3.8) is 0 Å². The number of nitrogens with zero attached hydrogens (tertiary/aromatic N) is 4. The fourth-order valence-electron chi connectivity index (χ4n) is 5.58. The number of ether oxygens (including phenoxy) is 1. The van der Waals surface area contributed by atoms with E-state index in [4.69, 9.17) is 4.74 Å². The summed E-state index contributed by atoms with van der Waals surface area (Å²) < 4.78 is 35.4. The second-order valence-electron chi connectivity index (χ2n) is 10.4. The van der Waals surface area contributed by atoms with Gasteiger partial charge in [0.25, 0.3) is 11.8 Å². The zero-order chi connectivity index (χ0) is 27.6. The van der Waals surface area contributed by atoms with Crippen molar-refractivity contribution in [2.45, 2.75) is 63.0 Å². The molecule has 210 valence electrons. The summed E-state index contributed by atoms with van der Waals surface area (Å²) in [5.41, 5.74) is 1.21. The summed E-state index contributed by atoms with van der Waals surface area (Å²) >= 11 is 0. The number of carbonyl (C=O) groups excluding carboxylic acids is 2. The molecule has 12 heteroatoms. The quantitative estimate of drug-likeness (QED) is 0.508. The summed E-state index contributed by atoms with van der Waals surface area (Å²) in [6.45, 7) is 0.968. The molecule has 1 atom stereocenters. The van der Waals surface area contributed by atoms with Crippen LogP contribution in [0.1, 0.15) is 55.3 Å². The third-order valence-corrected chi connectivity index (χ3v) is 7.73. The van der Waals surface area contributed by atoms with Crippen LogP contribution in [0.15, 0.2) is 24.4 Å². The van der Waals surface area contributed by atoms with E-state index in [1.165, 1.54) is 20.4 Å². The highest BCUT2D eigenvalue weighted by atomic mass is 19.3. The lowest BCUT2D eigenvalue weighted by molar-refractivity contribution is -0.140. The van der Waals surface area contributed by atoms with Crippen LogP contribution in [0, 0.1) is 0 Å². The number of rotatable bonds is 6. The third kappa shape index (κ3) is 5.75. The number of hydrogen-bond acceptors (Lipinski definition) is 8. The Bertz CT molecular complexity index is 1220. The van der Waals surface area contributed by atoms with Gasteiger partial charge in [-0.3, -0.25) is 9.59 Å². The molecule has 0 radical (unpaired) electrons. The highest BCUT2D eigenvalue weighted by Gasteiger charge is 2.48. The van der Waals surface area contributed by atoms with Crippen molar-refractivity contribution < 1.29 is 23.1 Å². The number of methoxy groups -OCH3 is 1. The van der Waals surface area contributed by atoms with E-state index in [0.717, 1.165) is 62.9 Å². The van der Waals surface area contributed by atoms with Crippen molar-refractivity contribution in [3.05, 3.63) is 30.0 Å². The number of aromatic nitrogens is 2. The largest absolute Gasteiger partial charge is 0.495 e. The molecule has 3 heterocycles. The van der Waals surface area contributed by atoms with Gasteiger partial charge in [0.05, 0.1) is 25.5 Å². The summed E-state index contributed by atoms with van der Waals surface area (Å²) in [5, 5.41) is 9.43. The first kappa shape index (κ1) is 27.0. The smallest absolute Gasteiger partial charge is 0.342 e. The number of anilines is 4. The molecule has 1 aromatic carbocycles. The monoisotopic (exact) mass is 543 g/mol. The maximum absolute atomic E-state index is 14.9. The summed E-state index contributed by atoms with van der Waals surface area (Å²) in [5.74, 6) is -4.13. The summed E-state index contributed by atoms with van der Waals surface area (Å²) in [6, 6.07) is 4.95. The minimum Gasteiger partial charge on any atom is -0.495 e. The predicted octanol–water partition coefficient (Wildman–Crippen LogP) is 3.46. The van der Waals surface area contributed by atoms with Gasteiger partial charge in [0.2, 0.25) is 5.95 Å². The van der Waals surface area contributed by atoms with E-state index in [-0.39, 0.29) is 29.6 Å². The molecule has 3 aliphatic rings. The summed E-state index contributed by atoms with van der Waals surface area (Å²) in [4.78, 5) is 36.8. The predicted molar refractivity (Wildman–Crippen MR) is 144 cm³/mol. The number of piperidine rings is 1. The van der Waals surface area contributed by atoms with Crippen LogP contribution in [0.4, 0.5) is 31.9 Å². The first-order chi connectivity index (χ1) is 18.8. The molecule has 10 nitrogen and oxygen atoms in total. The van der Waals surface area contributed by atoms with E-state index in [2.05, 4.69) is 25.9 Å². The van der Waals surface area contributed by atoms with Gasteiger partial charge in [0, 0.05) is 31.2 Å². The number of nitrogens with one attached hydrogen (secondary N) is 3. The molecule has 0 unspecified atom stereocenters. The Labute approximate surface area is 226 Å². The molecule has 2 aliphatic heterocycles. The molecular weight excluding hydrogens is 508 g/mol. The van der Waals surface area contributed by atoms with Crippen molar-refractivity contribution in [1.82, 2.24) is 20.6 Å². The van der Waals surface area contributed by atoms with Crippen molar-refractivity contribution >= 4 is 35.0 Å². The Morgan fingerprint density at radius 2 is 1.97 bits per heavy atom. The van der Waals surface area contributed by atoms with Gasteiger partial charge in [0.15, 0.2) is 5.82 Å². The van der Waals surface area contributed by atoms with Crippen LogP contribution in [-0.2, 0) is 4.79 Å². The highest BCUT2D eigenvalue weighted by Crippen LogP contribution is 2.39. The van der Waals surface area contributed by atoms with Crippen LogP contribution < -0.4 is 30.5 Å². The lowest BCUT2D eigenvalue weighted by Crippen LogP contribution is -2.49. The molecular formula is C27H35F2N7O3. The third-order valence-electron chi connectivity index (χ3n) is 7.73. The van der Waals surface area contributed by atoms with Gasteiger partial charge in [-0.05, 0) is 50.4 Å². The number of fused-ring (bicyclic) bond motifs is 1. The van der Waals surface area contributed by atoms with E-state index in [0.29, 0.717) is 22.8 Å². The normalized spacial score (nSPS) is 21.6. The minimum atomic E-state index is -3.55. The van der Waals surface area contributed by atoms with E-state index in [1.54, 1.807) is 23.1 Å². The Morgan fingerprint density at radius 3 is 2.69 bits per heavy atom. The van der Waals surface area contributed by atoms with E-state index in [9.17, 15) is 18.4 Å². The zero-order valence-corrected chi connectivity index (χ0v) is 22.3. The molecule has 1 aliphatic carbocycles. The van der Waals surface area contributed by atoms with Gasteiger partial charge in [-0.15, -0.1) is 0 Å². The molecule has 1 saturated heterocycles. The SMILES string of the molecule is COc1cc(C(=O)N[C@H]2CCCNC2)ccc1Nc1ncc2c(n1)N(C1CCCCC1)CC(F)(F)C(=O)N2C. The average molecular weight is 544 g/mol. The maximum Gasteiger partial charge on any atom is 0.342 e. The number of alkyl halides is 2. The zero-order valence-electron chi connectivity index (χ0n) is 22.3. The number of amides is 2. The van der Waals surface area contributed by atoms with Crippen molar-refractivity contribution in [2.24, 2.45) is 0 Å². The standard InChI is InChI=1S/C27H35F2N7O3/c1-35-21-15-31-26(34-23(21)36(16-27(28,29)25(35)38)19-8-4-3-5-9-19)33-20-11-10-17(13-22(20)39-2)24(37)32-18-7-6-12-30-14-18/h10-11,13,15,18-19,30H,3-9,12,14,16H2,1-2H3,(H,32,37)(H,31,33,34)/t18-/m0/s1. The van der Waals surface area contributed by atoms with Crippen LogP contribution in [-0.4, -0.2) is 73.6 Å². The second kappa shape index (κ2) is 11.3. The van der Waals surface area contributed by atoms with Crippen LogP contribution in [0.25, 0.3) is 0 Å². The molecule has 2 aromatic rings. The first-order valence-corrected chi connectivity index (χ1v) is 13.5. The molecule has 2 amide bonds. The maximum atomic E-state index is 14.9. The van der Waals surface area contributed by atoms with Gasteiger partial charge in [-0.25, -0.2) is 4.98 Å². The fraction of sp³-hybridized carbons (Fsp3) is 0.556. The van der Waals surface area contributed by atoms with Crippen LogP contribution in [0.3, 0.4) is 0 Å². The van der Waals surface area contributed by atoms with Crippen LogP contribution in [0.2, 0.25) is 0 Å². The van der Waals surface area contributed by atoms with Crippen molar-refractivity contribution in [2.75, 3.05) is 48.9 Å². The molecule has 2 fully saturated rings. The fourth-order valence-corrected chi connectivity index (χ4v) is 5.58. The minimum absolute atomic E-state index is 0.0764. The number of hydrogen-bond donors (Lipinski definition) is 3. The molecule has 0 bridgehead atoms. The summed E-state index contributed by atoms with van der Waals surface area (Å²) in [7, 11) is 2.82. The van der Waals surface area contributed by atoms with Gasteiger partial charge >= 0.3 is 5.92 Å². The molecule has 1 aromatic heterocycles. The van der Waals surface area contributed by atoms with Gasteiger partial charge in [-0.1, -0.05) is 19.3 Å². The Morgan fingerprint density at radius 1 is 1.18 bits per heavy atom. The molecule has 5 rings (SSSR count). The van der Waals surface area contributed by atoms with Gasteiger partial charge in [0.1, 0.15) is 11.4 Å². The lowest BCUT2D eigenvalue weighted by atomic mass is 9.94. The average Bonchev–Trinajstić information content (AvgIpc) is 3.03. The Hall–Kier alpha value is -3.54. The molecule has 3 N–H and O–H groups in total. The molecule has 0 spiro atoms. The second-order valence-corrected chi connectivity index (χ2v) is 10.4. The lowest BCUT2D eigenvalue weighted by Gasteiger charge is -2.35. The molecule has 39 heavy (non-hydrogen) atoms. The van der Waals surface area contributed by atoms with Gasteiger partial charge in [-0.2, -0.15) is 13.8 Å². The van der Waals surface area contributed by atoms with E-state index >= 15 is 0 Å². The highest BCUT2D eigenvalue weighted by molar-refractivity contribution is 6.02. The molecule has 1 saturated carbocycles. The van der Waals surface area contributed by atoms with Gasteiger partial charge < -0.3 is 30.5 Å². The van der Waals surface area contributed by atoms with Crippen LogP contribution in [0.5, 0.6) is 5.75 Å². The first-order valence-electron chi connectivity index (χ1n) is 13.5. The number of carbonyl (C=O) groups is 2. The van der Waals surface area contributed by atoms with Crippen LogP contribution >= 0.6 is 0 Å². The van der Waals surface area contributed by atoms with E-state index < -0.39 is 18.4 Å². The number of benzene rings is 1. The van der Waals surface area contributed by atoms with Crippen molar-refractivity contribution in [3.8, 4) is 5.75 Å². The summed E-state index contributed by atoms with van der Waals surface area (Å²) in [6.07, 6.45) is 7.80.